The average molecular weight is 674 g/mol. The van der Waals surface area contributed by atoms with E-state index in [0.717, 1.165) is 19.2 Å². The summed E-state index contributed by atoms with van der Waals surface area (Å²) in [6, 6.07) is 16.8. The third-order valence-electron chi connectivity index (χ3n) is 7.08. The van der Waals surface area contributed by atoms with Crippen LogP contribution in [0.15, 0.2) is 83.5 Å². The van der Waals surface area contributed by atoms with Crippen molar-refractivity contribution in [2.45, 2.75) is 19.6 Å². The molecule has 0 bridgehead atoms. The number of hydrogen-bond donors (Lipinski definition) is 1. The molecule has 0 saturated heterocycles. The van der Waals surface area contributed by atoms with Crippen molar-refractivity contribution in [2.75, 3.05) is 12.4 Å². The van der Waals surface area contributed by atoms with Crippen LogP contribution in [0.4, 0.5) is 24.5 Å². The van der Waals surface area contributed by atoms with Gasteiger partial charge in [-0.05, 0) is 42.0 Å². The minimum atomic E-state index is -4.44. The molecular weight excluding hydrogens is 651 g/mol. The van der Waals surface area contributed by atoms with Crippen LogP contribution in [0.2, 0.25) is 0 Å². The number of ether oxygens (including phenoxy) is 1. The number of anilines is 1. The predicted molar refractivity (Wildman–Crippen MR) is 164 cm³/mol. The van der Waals surface area contributed by atoms with Gasteiger partial charge in [0.2, 0.25) is 11.7 Å². The maximum absolute atomic E-state index is 13.1. The van der Waals surface area contributed by atoms with Gasteiger partial charge in [-0.1, -0.05) is 34.6 Å². The number of benzene rings is 3. The molecule has 1 amide bonds. The molecule has 0 saturated carbocycles. The Bertz CT molecular complexity index is 2190. The first-order valence-corrected chi connectivity index (χ1v) is 14.2. The van der Waals surface area contributed by atoms with Crippen LogP contribution in [-0.2, 0) is 22.3 Å². The second-order valence-electron chi connectivity index (χ2n) is 10.4. The Hall–Kier alpha value is -6.72. The number of rotatable bonds is 9. The number of methoxy groups -OCH3 is 1. The zero-order valence-electron chi connectivity index (χ0n) is 25.4. The molecule has 6 aromatic rings. The fourth-order valence-corrected chi connectivity index (χ4v) is 4.79. The lowest BCUT2D eigenvalue weighted by molar-refractivity contribution is -0.384. The summed E-state index contributed by atoms with van der Waals surface area (Å²) < 4.78 is 51.9. The standard InChI is InChI=1S/C31H22F3N9O6/c1-17(44)35-25-26(28-36-29(49-39-28)19-8-12-22(13-9-19)43(46)47)38-42(27(25)30(45)48-2)23-5-3-4-20(14-23)24-16-41(40-37-24)15-18-6-10-21(11-7-18)31(32,33)34/h3-14,16H,15H2,1-2H3,(H,35,44). The Labute approximate surface area is 273 Å². The van der Waals surface area contributed by atoms with Crippen molar-refractivity contribution in [1.29, 1.82) is 0 Å². The number of carbonyl (C=O) groups is 2. The molecule has 3 heterocycles. The molecule has 248 valence electrons. The first kappa shape index (κ1) is 32.2. The van der Waals surface area contributed by atoms with Crippen molar-refractivity contribution in [3.8, 4) is 39.9 Å². The number of halogens is 3. The van der Waals surface area contributed by atoms with Crippen LogP contribution in [0.5, 0.6) is 0 Å². The van der Waals surface area contributed by atoms with Crippen molar-refractivity contribution >= 4 is 23.3 Å². The molecular formula is C31H22F3N9O6. The Morgan fingerprint density at radius 1 is 1.04 bits per heavy atom. The number of aromatic nitrogens is 7. The number of non-ortho nitro benzene ring substituents is 1. The number of carbonyl (C=O) groups excluding carboxylic acids is 2. The number of esters is 1. The highest BCUT2D eigenvalue weighted by Crippen LogP contribution is 2.34. The van der Waals surface area contributed by atoms with Gasteiger partial charge in [-0.2, -0.15) is 23.3 Å². The minimum Gasteiger partial charge on any atom is -0.464 e. The molecule has 3 aromatic heterocycles. The first-order valence-electron chi connectivity index (χ1n) is 14.2. The number of nitro groups is 1. The van der Waals surface area contributed by atoms with E-state index in [4.69, 9.17) is 9.26 Å². The van der Waals surface area contributed by atoms with Crippen LogP contribution in [0.1, 0.15) is 28.5 Å². The topological polar surface area (TPSA) is 186 Å². The first-order chi connectivity index (χ1) is 23.4. The third-order valence-corrected chi connectivity index (χ3v) is 7.08. The largest absolute Gasteiger partial charge is 0.464 e. The van der Waals surface area contributed by atoms with Gasteiger partial charge in [0, 0.05) is 30.2 Å². The van der Waals surface area contributed by atoms with Crippen molar-refractivity contribution in [3.63, 3.8) is 0 Å². The lowest BCUT2D eigenvalue weighted by Gasteiger charge is -2.09. The van der Waals surface area contributed by atoms with E-state index >= 15 is 0 Å². The van der Waals surface area contributed by atoms with Crippen LogP contribution >= 0.6 is 0 Å². The Morgan fingerprint density at radius 2 is 1.78 bits per heavy atom. The van der Waals surface area contributed by atoms with Gasteiger partial charge >= 0.3 is 12.1 Å². The number of nitro benzene ring substituents is 1. The summed E-state index contributed by atoms with van der Waals surface area (Å²) in [7, 11) is 1.16. The minimum absolute atomic E-state index is 0.00535. The summed E-state index contributed by atoms with van der Waals surface area (Å²) >= 11 is 0. The maximum Gasteiger partial charge on any atom is 0.416 e. The van der Waals surface area contributed by atoms with E-state index < -0.39 is 28.5 Å². The molecule has 1 N–H and O–H groups in total. The van der Waals surface area contributed by atoms with Gasteiger partial charge in [-0.3, -0.25) is 14.9 Å². The number of nitrogens with zero attached hydrogens (tertiary/aromatic N) is 8. The molecule has 0 aliphatic rings. The Kier molecular flexibility index (Phi) is 8.43. The normalized spacial score (nSPS) is 11.4. The quantitative estimate of drug-likeness (QED) is 0.115. The molecule has 0 aliphatic carbocycles. The Morgan fingerprint density at radius 3 is 2.43 bits per heavy atom. The summed E-state index contributed by atoms with van der Waals surface area (Å²) in [5.74, 6) is -1.50. The monoisotopic (exact) mass is 673 g/mol. The number of hydrogen-bond acceptors (Lipinski definition) is 11. The molecule has 0 aliphatic heterocycles. The van der Waals surface area contributed by atoms with Gasteiger partial charge in [0.25, 0.3) is 11.6 Å². The van der Waals surface area contributed by atoms with E-state index in [0.29, 0.717) is 28.1 Å². The van der Waals surface area contributed by atoms with E-state index in [-0.39, 0.29) is 41.0 Å². The van der Waals surface area contributed by atoms with Crippen LogP contribution in [-0.4, -0.2) is 58.8 Å². The summed E-state index contributed by atoms with van der Waals surface area (Å²) in [6.45, 7) is 1.39. The van der Waals surface area contributed by atoms with E-state index in [9.17, 15) is 32.9 Å². The number of nitrogens with one attached hydrogen (secondary N) is 1. The highest BCUT2D eigenvalue weighted by atomic mass is 19.4. The van der Waals surface area contributed by atoms with Crippen molar-refractivity contribution in [3.05, 3.63) is 106 Å². The molecule has 0 spiro atoms. The van der Waals surface area contributed by atoms with Gasteiger partial charge in [0.15, 0.2) is 11.4 Å². The van der Waals surface area contributed by atoms with Gasteiger partial charge < -0.3 is 14.6 Å². The molecule has 0 fully saturated rings. The zero-order chi connectivity index (χ0) is 34.9. The second-order valence-corrected chi connectivity index (χ2v) is 10.4. The van der Waals surface area contributed by atoms with E-state index in [1.165, 1.54) is 52.7 Å². The molecule has 0 atom stereocenters. The smallest absolute Gasteiger partial charge is 0.416 e. The number of alkyl halides is 3. The van der Waals surface area contributed by atoms with Crippen molar-refractivity contribution < 1.29 is 36.9 Å². The van der Waals surface area contributed by atoms with Gasteiger partial charge in [0.05, 0.1) is 36.0 Å². The molecule has 18 heteroatoms. The van der Waals surface area contributed by atoms with E-state index in [2.05, 4.69) is 30.9 Å². The summed E-state index contributed by atoms with van der Waals surface area (Å²) in [5, 5.41) is 30.4. The third kappa shape index (κ3) is 6.73. The molecule has 3 aromatic carbocycles. The van der Waals surface area contributed by atoms with Gasteiger partial charge in [0.1, 0.15) is 11.4 Å². The second kappa shape index (κ2) is 12.8. The van der Waals surface area contributed by atoms with Crippen LogP contribution < -0.4 is 5.32 Å². The molecule has 49 heavy (non-hydrogen) atoms. The van der Waals surface area contributed by atoms with Crippen molar-refractivity contribution in [1.82, 2.24) is 34.9 Å². The highest BCUT2D eigenvalue weighted by Gasteiger charge is 2.31. The lowest BCUT2D eigenvalue weighted by atomic mass is 10.1. The van der Waals surface area contributed by atoms with Crippen LogP contribution in [0, 0.1) is 10.1 Å². The van der Waals surface area contributed by atoms with Crippen LogP contribution in [0.25, 0.3) is 39.9 Å². The highest BCUT2D eigenvalue weighted by molar-refractivity contribution is 6.03. The summed E-state index contributed by atoms with van der Waals surface area (Å²) in [4.78, 5) is 40.2. The zero-order valence-corrected chi connectivity index (χ0v) is 25.4. The summed E-state index contributed by atoms with van der Waals surface area (Å²) in [6.07, 6.45) is -2.84. The SMILES string of the molecule is COC(=O)c1c(NC(C)=O)c(-c2noc(-c3ccc([N+](=O)[O-])cc3)n2)nn1-c1cccc(-c2cn(Cc3ccc(C(F)(F)F)cc3)nn2)c1. The predicted octanol–water partition coefficient (Wildman–Crippen LogP) is 5.57. The van der Waals surface area contributed by atoms with Crippen molar-refractivity contribution in [2.24, 2.45) is 0 Å². The summed E-state index contributed by atoms with van der Waals surface area (Å²) in [5.41, 5.74) is 1.08. The molecule has 6 rings (SSSR count). The fraction of sp³-hybridized carbons (Fsp3) is 0.129. The average Bonchev–Trinajstić information content (AvgIpc) is 3.83. The van der Waals surface area contributed by atoms with Gasteiger partial charge in [-0.25, -0.2) is 14.2 Å². The van der Waals surface area contributed by atoms with E-state index in [1.54, 1.807) is 30.5 Å². The van der Waals surface area contributed by atoms with Crippen LogP contribution in [0.3, 0.4) is 0 Å². The molecule has 15 nitrogen and oxygen atoms in total. The maximum atomic E-state index is 13.1. The Balaban J connectivity index is 1.35. The number of amides is 1. The molecule has 0 radical (unpaired) electrons. The van der Waals surface area contributed by atoms with Gasteiger partial charge in [-0.15, -0.1) is 5.10 Å². The fourth-order valence-electron chi connectivity index (χ4n) is 4.79. The lowest BCUT2D eigenvalue weighted by Crippen LogP contribution is -2.15. The van der Waals surface area contributed by atoms with E-state index in [1.807, 2.05) is 0 Å². The molecule has 0 unspecified atom stereocenters.